The fourth-order valence-electron chi connectivity index (χ4n) is 1.23. The van der Waals surface area contributed by atoms with Crippen LogP contribution >= 0.6 is 11.6 Å². The lowest BCUT2D eigenvalue weighted by Crippen LogP contribution is -2.02. The second-order valence-corrected chi connectivity index (χ2v) is 3.18. The summed E-state index contributed by atoms with van der Waals surface area (Å²) in [6, 6.07) is 4.74. The zero-order valence-electron chi connectivity index (χ0n) is 7.70. The van der Waals surface area contributed by atoms with Gasteiger partial charge in [0.05, 0.1) is 23.9 Å². The quantitative estimate of drug-likeness (QED) is 0.766. The molecule has 0 amide bonds. The van der Waals surface area contributed by atoms with E-state index in [0.29, 0.717) is 0 Å². The number of aromatic hydroxyl groups is 1. The Morgan fingerprint density at radius 1 is 1.53 bits per heavy atom. The second-order valence-electron chi connectivity index (χ2n) is 2.92. The summed E-state index contributed by atoms with van der Waals surface area (Å²) in [4.78, 5) is 10.5. The molecule has 0 spiro atoms. The number of benzene rings is 1. The number of halogens is 1. The van der Waals surface area contributed by atoms with Crippen LogP contribution in [0, 0.1) is 11.3 Å². The first-order valence-electron chi connectivity index (χ1n) is 4.11. The lowest BCUT2D eigenvalue weighted by atomic mass is 10.0. The second kappa shape index (κ2) is 4.67. The first-order chi connectivity index (χ1) is 7.10. The van der Waals surface area contributed by atoms with Crippen LogP contribution in [0.4, 0.5) is 0 Å². The number of aliphatic carboxylic acids is 1. The van der Waals surface area contributed by atoms with Crippen molar-refractivity contribution in [2.75, 3.05) is 0 Å². The Morgan fingerprint density at radius 3 is 2.67 bits per heavy atom. The fourth-order valence-corrected chi connectivity index (χ4v) is 1.50. The maximum atomic E-state index is 10.5. The van der Waals surface area contributed by atoms with Gasteiger partial charge in [0.15, 0.2) is 0 Å². The van der Waals surface area contributed by atoms with Gasteiger partial charge in [0.1, 0.15) is 5.75 Å². The smallest absolute Gasteiger partial charge is 0.307 e. The van der Waals surface area contributed by atoms with Crippen molar-refractivity contribution in [3.8, 4) is 11.8 Å². The molecule has 0 aliphatic heterocycles. The number of phenols is 1. The van der Waals surface area contributed by atoms with E-state index in [9.17, 15) is 9.90 Å². The highest BCUT2D eigenvalue weighted by Gasteiger charge is 2.13. The van der Waals surface area contributed by atoms with E-state index >= 15 is 0 Å². The van der Waals surface area contributed by atoms with Gasteiger partial charge in [-0.25, -0.2) is 0 Å². The molecular formula is C10H8ClNO3. The zero-order valence-corrected chi connectivity index (χ0v) is 8.45. The van der Waals surface area contributed by atoms with Crippen molar-refractivity contribution < 1.29 is 15.0 Å². The average molecular weight is 226 g/mol. The minimum atomic E-state index is -1.05. The van der Waals surface area contributed by atoms with Gasteiger partial charge in [-0.1, -0.05) is 6.07 Å². The van der Waals surface area contributed by atoms with Crippen LogP contribution in [0.5, 0.6) is 5.75 Å². The van der Waals surface area contributed by atoms with Crippen LogP contribution in [0.1, 0.15) is 16.7 Å². The van der Waals surface area contributed by atoms with Gasteiger partial charge < -0.3 is 10.2 Å². The van der Waals surface area contributed by atoms with Crippen LogP contribution in [-0.2, 0) is 17.1 Å². The molecule has 0 atom stereocenters. The topological polar surface area (TPSA) is 81.3 Å². The van der Waals surface area contributed by atoms with Crippen LogP contribution in [-0.4, -0.2) is 16.2 Å². The number of rotatable bonds is 3. The van der Waals surface area contributed by atoms with E-state index in [-0.39, 0.29) is 34.7 Å². The first-order valence-corrected chi connectivity index (χ1v) is 4.65. The number of carboxylic acid groups (broad SMARTS) is 1. The standard InChI is InChI=1S/C10H8ClNO3/c11-4-8-7(5-12)2-1-6(10(8)15)3-9(13)14/h1-2,15H,3-4H2,(H,13,14). The summed E-state index contributed by atoms with van der Waals surface area (Å²) in [7, 11) is 0. The molecule has 0 fully saturated rings. The third-order valence-corrected chi connectivity index (χ3v) is 2.23. The van der Waals surface area contributed by atoms with E-state index in [1.54, 1.807) is 0 Å². The molecule has 0 saturated heterocycles. The molecule has 0 unspecified atom stereocenters. The maximum absolute atomic E-state index is 10.5. The minimum Gasteiger partial charge on any atom is -0.507 e. The highest BCUT2D eigenvalue weighted by atomic mass is 35.5. The minimum absolute atomic E-state index is 0.0256. The van der Waals surface area contributed by atoms with Crippen molar-refractivity contribution in [3.05, 3.63) is 28.8 Å². The summed E-state index contributed by atoms with van der Waals surface area (Å²) in [5.41, 5.74) is 0.798. The lowest BCUT2D eigenvalue weighted by molar-refractivity contribution is -0.136. The summed E-state index contributed by atoms with van der Waals surface area (Å²) in [6.45, 7) is 0. The lowest BCUT2D eigenvalue weighted by Gasteiger charge is -2.07. The molecule has 2 N–H and O–H groups in total. The van der Waals surface area contributed by atoms with E-state index in [4.69, 9.17) is 22.0 Å². The summed E-state index contributed by atoms with van der Waals surface area (Å²) in [5, 5.41) is 26.9. The molecule has 0 saturated carbocycles. The number of hydrogen-bond donors (Lipinski definition) is 2. The predicted molar refractivity (Wildman–Crippen MR) is 53.7 cm³/mol. The third-order valence-electron chi connectivity index (χ3n) is 1.96. The van der Waals surface area contributed by atoms with Gasteiger partial charge in [-0.2, -0.15) is 5.26 Å². The third kappa shape index (κ3) is 2.39. The Labute approximate surface area is 91.3 Å². The zero-order chi connectivity index (χ0) is 11.4. The van der Waals surface area contributed by atoms with Gasteiger partial charge in [-0.3, -0.25) is 4.79 Å². The van der Waals surface area contributed by atoms with Crippen molar-refractivity contribution in [2.45, 2.75) is 12.3 Å². The van der Waals surface area contributed by atoms with Crippen molar-refractivity contribution in [1.82, 2.24) is 0 Å². The van der Waals surface area contributed by atoms with E-state index < -0.39 is 5.97 Å². The molecule has 1 rings (SSSR count). The Kier molecular flexibility index (Phi) is 3.53. The van der Waals surface area contributed by atoms with Crippen LogP contribution in [0.2, 0.25) is 0 Å². The number of carboxylic acids is 1. The highest BCUT2D eigenvalue weighted by molar-refractivity contribution is 6.17. The normalized spacial score (nSPS) is 9.60. The molecule has 15 heavy (non-hydrogen) atoms. The SMILES string of the molecule is N#Cc1ccc(CC(=O)O)c(O)c1CCl. The number of nitriles is 1. The van der Waals surface area contributed by atoms with Gasteiger partial charge in [0.2, 0.25) is 0 Å². The van der Waals surface area contributed by atoms with Crippen LogP contribution in [0.3, 0.4) is 0 Å². The van der Waals surface area contributed by atoms with E-state index in [2.05, 4.69) is 0 Å². The predicted octanol–water partition coefficient (Wildman–Crippen LogP) is 1.63. The number of carbonyl (C=O) groups is 1. The Bertz CT molecular complexity index is 437. The van der Waals surface area contributed by atoms with Gasteiger partial charge in [0.25, 0.3) is 0 Å². The molecule has 0 aromatic heterocycles. The first kappa shape index (κ1) is 11.3. The number of hydrogen-bond acceptors (Lipinski definition) is 3. The molecule has 1 aromatic rings. The van der Waals surface area contributed by atoms with E-state index in [1.807, 2.05) is 6.07 Å². The van der Waals surface area contributed by atoms with E-state index in [0.717, 1.165) is 0 Å². The number of nitrogens with zero attached hydrogens (tertiary/aromatic N) is 1. The molecule has 0 bridgehead atoms. The molecular weight excluding hydrogens is 218 g/mol. The molecule has 4 nitrogen and oxygen atoms in total. The average Bonchev–Trinajstić information content (AvgIpc) is 2.20. The Hall–Kier alpha value is -1.73. The number of phenolic OH excluding ortho intramolecular Hbond substituents is 1. The van der Waals surface area contributed by atoms with Crippen LogP contribution in [0.25, 0.3) is 0 Å². The summed E-state index contributed by atoms with van der Waals surface area (Å²) in [6.07, 6.45) is -0.290. The van der Waals surface area contributed by atoms with Gasteiger partial charge >= 0.3 is 5.97 Å². The molecule has 0 radical (unpaired) electrons. The van der Waals surface area contributed by atoms with Crippen molar-refractivity contribution in [1.29, 1.82) is 5.26 Å². The Morgan fingerprint density at radius 2 is 2.20 bits per heavy atom. The van der Waals surface area contributed by atoms with Crippen molar-refractivity contribution >= 4 is 17.6 Å². The van der Waals surface area contributed by atoms with Crippen LogP contribution < -0.4 is 0 Å². The Balaban J connectivity index is 3.24. The molecule has 78 valence electrons. The molecule has 0 aliphatic carbocycles. The molecule has 0 aliphatic rings. The summed E-state index contributed by atoms with van der Waals surface area (Å²) < 4.78 is 0. The van der Waals surface area contributed by atoms with Crippen LogP contribution in [0.15, 0.2) is 12.1 Å². The molecule has 0 heterocycles. The molecule has 1 aromatic carbocycles. The fraction of sp³-hybridized carbons (Fsp3) is 0.200. The van der Waals surface area contributed by atoms with Gasteiger partial charge in [-0.15, -0.1) is 11.6 Å². The number of alkyl halides is 1. The van der Waals surface area contributed by atoms with Crippen molar-refractivity contribution in [2.24, 2.45) is 0 Å². The molecule has 5 heteroatoms. The monoisotopic (exact) mass is 225 g/mol. The van der Waals surface area contributed by atoms with Gasteiger partial charge in [-0.05, 0) is 6.07 Å². The van der Waals surface area contributed by atoms with Gasteiger partial charge in [0, 0.05) is 11.1 Å². The van der Waals surface area contributed by atoms with Crippen molar-refractivity contribution in [3.63, 3.8) is 0 Å². The summed E-state index contributed by atoms with van der Waals surface area (Å²) >= 11 is 5.57. The van der Waals surface area contributed by atoms with E-state index in [1.165, 1.54) is 12.1 Å². The highest BCUT2D eigenvalue weighted by Crippen LogP contribution is 2.27. The summed E-state index contributed by atoms with van der Waals surface area (Å²) in [5.74, 6) is -1.27. The largest absolute Gasteiger partial charge is 0.507 e. The maximum Gasteiger partial charge on any atom is 0.307 e.